The van der Waals surface area contributed by atoms with Crippen LogP contribution in [0.3, 0.4) is 0 Å². The van der Waals surface area contributed by atoms with E-state index in [0.717, 1.165) is 48.6 Å². The number of ether oxygens (including phenoxy) is 1. The summed E-state index contributed by atoms with van der Waals surface area (Å²) in [4.78, 5) is 14.1. The second-order valence-electron chi connectivity index (χ2n) is 5.50. The summed E-state index contributed by atoms with van der Waals surface area (Å²) in [6, 6.07) is 10.0. The first kappa shape index (κ1) is 14.6. The van der Waals surface area contributed by atoms with Gasteiger partial charge < -0.3 is 14.6 Å². The average Bonchev–Trinajstić information content (AvgIpc) is 3.06. The van der Waals surface area contributed by atoms with Gasteiger partial charge in [-0.3, -0.25) is 0 Å². The summed E-state index contributed by atoms with van der Waals surface area (Å²) in [5.74, 6) is 1.37. The number of benzene rings is 1. The number of para-hydroxylation sites is 1. The Kier molecular flexibility index (Phi) is 4.07. The number of nitrogens with zero attached hydrogens (tertiary/aromatic N) is 4. The van der Waals surface area contributed by atoms with Gasteiger partial charge in [-0.15, -0.1) is 0 Å². The monoisotopic (exact) mass is 322 g/mol. The Morgan fingerprint density at radius 1 is 1.21 bits per heavy atom. The van der Waals surface area contributed by atoms with E-state index in [9.17, 15) is 0 Å². The molecule has 0 bridgehead atoms. The lowest BCUT2D eigenvalue weighted by atomic mass is 10.2. The maximum absolute atomic E-state index is 5.37. The lowest BCUT2D eigenvalue weighted by Gasteiger charge is -2.27. The third-order valence-electron chi connectivity index (χ3n) is 3.97. The minimum atomic E-state index is 0.482. The second kappa shape index (κ2) is 6.67. The number of morpholine rings is 1. The van der Waals surface area contributed by atoms with Gasteiger partial charge in [0, 0.05) is 41.9 Å². The highest BCUT2D eigenvalue weighted by atomic mass is 16.5. The van der Waals surface area contributed by atoms with Crippen LogP contribution >= 0.6 is 0 Å². The minimum Gasteiger partial charge on any atom is -0.378 e. The number of nitrogens with one attached hydrogen (secondary N) is 2. The van der Waals surface area contributed by atoms with E-state index in [1.54, 1.807) is 12.4 Å². The molecule has 1 aromatic carbocycles. The van der Waals surface area contributed by atoms with Crippen LogP contribution in [-0.4, -0.2) is 47.5 Å². The van der Waals surface area contributed by atoms with Crippen molar-refractivity contribution in [3.8, 4) is 0 Å². The molecule has 2 N–H and O–H groups in total. The van der Waals surface area contributed by atoms with Crippen LogP contribution < -0.4 is 10.3 Å². The van der Waals surface area contributed by atoms with E-state index in [1.165, 1.54) is 0 Å². The maximum Gasteiger partial charge on any atom is 0.245 e. The highest BCUT2D eigenvalue weighted by Crippen LogP contribution is 2.16. The smallest absolute Gasteiger partial charge is 0.245 e. The molecule has 1 aliphatic rings. The van der Waals surface area contributed by atoms with E-state index in [-0.39, 0.29) is 0 Å². The van der Waals surface area contributed by atoms with Crippen LogP contribution in [-0.2, 0) is 4.74 Å². The number of aromatic nitrogens is 3. The highest BCUT2D eigenvalue weighted by molar-refractivity contribution is 5.99. The van der Waals surface area contributed by atoms with Gasteiger partial charge in [-0.05, 0) is 12.1 Å². The van der Waals surface area contributed by atoms with E-state index >= 15 is 0 Å². The number of H-pyrrole nitrogens is 1. The molecular formula is C17H18N6O. The van der Waals surface area contributed by atoms with Crippen molar-refractivity contribution in [2.45, 2.75) is 0 Å². The molecule has 0 unspecified atom stereocenters. The molecule has 0 amide bonds. The molecule has 7 heteroatoms. The number of fused-ring (bicyclic) bond motifs is 1. The van der Waals surface area contributed by atoms with E-state index in [0.29, 0.717) is 5.95 Å². The summed E-state index contributed by atoms with van der Waals surface area (Å²) in [5.41, 5.74) is 5.01. The van der Waals surface area contributed by atoms with Gasteiger partial charge in [0.15, 0.2) is 0 Å². The summed E-state index contributed by atoms with van der Waals surface area (Å²) in [7, 11) is 0. The van der Waals surface area contributed by atoms with Gasteiger partial charge in [0.1, 0.15) is 5.82 Å². The number of hydrogen-bond donors (Lipinski definition) is 2. The van der Waals surface area contributed by atoms with Gasteiger partial charge in [0.2, 0.25) is 5.95 Å². The SMILES string of the molecule is C(=NNc1nccc(N2CCOCC2)n1)c1c[nH]c2ccccc12. The quantitative estimate of drug-likeness (QED) is 0.569. The Bertz CT molecular complexity index is 853. The Hall–Kier alpha value is -2.93. The van der Waals surface area contributed by atoms with Crippen molar-refractivity contribution in [1.29, 1.82) is 0 Å². The summed E-state index contributed by atoms with van der Waals surface area (Å²) < 4.78 is 5.37. The first-order valence-electron chi connectivity index (χ1n) is 7.91. The fourth-order valence-electron chi connectivity index (χ4n) is 2.73. The molecule has 0 saturated carbocycles. The Labute approximate surface area is 139 Å². The number of hydrazone groups is 1. The van der Waals surface area contributed by atoms with Crippen LogP contribution in [0.5, 0.6) is 0 Å². The van der Waals surface area contributed by atoms with Crippen LogP contribution in [0.4, 0.5) is 11.8 Å². The molecule has 0 radical (unpaired) electrons. The predicted molar refractivity (Wildman–Crippen MR) is 94.6 cm³/mol. The van der Waals surface area contributed by atoms with Gasteiger partial charge in [-0.2, -0.15) is 10.1 Å². The van der Waals surface area contributed by atoms with E-state index < -0.39 is 0 Å². The van der Waals surface area contributed by atoms with Crippen LogP contribution in [0.1, 0.15) is 5.56 Å². The molecule has 0 atom stereocenters. The van der Waals surface area contributed by atoms with Gasteiger partial charge >= 0.3 is 0 Å². The third kappa shape index (κ3) is 3.07. The third-order valence-corrected chi connectivity index (χ3v) is 3.97. The Balaban J connectivity index is 1.47. The molecule has 1 fully saturated rings. The average molecular weight is 322 g/mol. The maximum atomic E-state index is 5.37. The molecule has 0 spiro atoms. The van der Waals surface area contributed by atoms with Crippen molar-refractivity contribution < 1.29 is 4.74 Å². The predicted octanol–water partition coefficient (Wildman–Crippen LogP) is 2.24. The molecule has 1 aliphatic heterocycles. The zero-order valence-corrected chi connectivity index (χ0v) is 13.1. The molecule has 7 nitrogen and oxygen atoms in total. The molecule has 122 valence electrons. The van der Waals surface area contributed by atoms with Crippen molar-refractivity contribution >= 4 is 28.9 Å². The first-order valence-corrected chi connectivity index (χ1v) is 7.91. The minimum absolute atomic E-state index is 0.482. The summed E-state index contributed by atoms with van der Waals surface area (Å²) >= 11 is 0. The number of hydrogen-bond acceptors (Lipinski definition) is 6. The zero-order chi connectivity index (χ0) is 16.2. The molecule has 3 heterocycles. The number of rotatable bonds is 4. The van der Waals surface area contributed by atoms with Crippen molar-refractivity contribution in [2.75, 3.05) is 36.6 Å². The Morgan fingerprint density at radius 2 is 2.08 bits per heavy atom. The topological polar surface area (TPSA) is 78.4 Å². The molecule has 0 aliphatic carbocycles. The molecule has 3 aromatic rings. The van der Waals surface area contributed by atoms with Crippen molar-refractivity contribution in [3.05, 3.63) is 48.3 Å². The Morgan fingerprint density at radius 3 is 3.00 bits per heavy atom. The van der Waals surface area contributed by atoms with Crippen molar-refractivity contribution in [3.63, 3.8) is 0 Å². The number of anilines is 2. The first-order chi connectivity index (χ1) is 11.9. The normalized spacial score (nSPS) is 15.2. The van der Waals surface area contributed by atoms with Gasteiger partial charge in [-0.25, -0.2) is 10.4 Å². The molecule has 24 heavy (non-hydrogen) atoms. The lowest BCUT2D eigenvalue weighted by Crippen LogP contribution is -2.36. The molecular weight excluding hydrogens is 304 g/mol. The van der Waals surface area contributed by atoms with Gasteiger partial charge in [0.05, 0.1) is 19.4 Å². The molecule has 2 aromatic heterocycles. The largest absolute Gasteiger partial charge is 0.378 e. The molecule has 1 saturated heterocycles. The van der Waals surface area contributed by atoms with E-state index in [4.69, 9.17) is 4.74 Å². The molecule has 4 rings (SSSR count). The second-order valence-corrected chi connectivity index (χ2v) is 5.50. The van der Waals surface area contributed by atoms with Crippen LogP contribution in [0.25, 0.3) is 10.9 Å². The summed E-state index contributed by atoms with van der Waals surface area (Å²) in [5, 5.41) is 5.39. The van der Waals surface area contributed by atoms with E-state index in [1.807, 2.05) is 30.5 Å². The fourth-order valence-corrected chi connectivity index (χ4v) is 2.73. The number of aromatic amines is 1. The fraction of sp³-hybridized carbons (Fsp3) is 0.235. The van der Waals surface area contributed by atoms with Crippen molar-refractivity contribution in [1.82, 2.24) is 15.0 Å². The van der Waals surface area contributed by atoms with Crippen LogP contribution in [0, 0.1) is 0 Å². The van der Waals surface area contributed by atoms with Gasteiger partial charge in [-0.1, -0.05) is 18.2 Å². The van der Waals surface area contributed by atoms with Crippen LogP contribution in [0.15, 0.2) is 47.8 Å². The summed E-state index contributed by atoms with van der Waals surface area (Å²) in [6.07, 6.45) is 5.44. The standard InChI is InChI=1S/C17H18N6O/c1-2-4-15-14(3-1)13(11-19-15)12-20-22-17-18-6-5-16(21-17)23-7-9-24-10-8-23/h1-6,11-12,19H,7-10H2,(H,18,21,22). The van der Waals surface area contributed by atoms with Crippen LogP contribution in [0.2, 0.25) is 0 Å². The lowest BCUT2D eigenvalue weighted by molar-refractivity contribution is 0.122. The summed E-state index contributed by atoms with van der Waals surface area (Å²) in [6.45, 7) is 3.14. The highest BCUT2D eigenvalue weighted by Gasteiger charge is 2.12. The van der Waals surface area contributed by atoms with Gasteiger partial charge in [0.25, 0.3) is 0 Å². The zero-order valence-electron chi connectivity index (χ0n) is 13.1. The van der Waals surface area contributed by atoms with Crippen molar-refractivity contribution in [2.24, 2.45) is 5.10 Å². The van der Waals surface area contributed by atoms with E-state index in [2.05, 4.69) is 36.4 Å².